The molecule has 1 amide bonds. The number of ether oxygens (including phenoxy) is 1. The van der Waals surface area contributed by atoms with Gasteiger partial charge in [-0.2, -0.15) is 0 Å². The summed E-state index contributed by atoms with van der Waals surface area (Å²) in [6.45, 7) is 1.99. The number of nitrogens with one attached hydrogen (secondary N) is 2. The Morgan fingerprint density at radius 1 is 0.906 bits per heavy atom. The van der Waals surface area contributed by atoms with Gasteiger partial charge in [-0.25, -0.2) is 13.1 Å². The van der Waals surface area contributed by atoms with E-state index in [1.165, 1.54) is 31.4 Å². The Balaban J connectivity index is 1.75. The highest BCUT2D eigenvalue weighted by molar-refractivity contribution is 7.89. The lowest BCUT2D eigenvalue weighted by atomic mass is 9.98. The van der Waals surface area contributed by atoms with Crippen molar-refractivity contribution in [1.82, 2.24) is 10.0 Å². The van der Waals surface area contributed by atoms with Crippen LogP contribution in [0.4, 0.5) is 0 Å². The minimum absolute atomic E-state index is 0.0981. The lowest BCUT2D eigenvalue weighted by Crippen LogP contribution is -2.35. The molecular formula is C25H28N2O4S. The topological polar surface area (TPSA) is 84.5 Å². The van der Waals surface area contributed by atoms with Gasteiger partial charge in [-0.1, -0.05) is 60.7 Å². The van der Waals surface area contributed by atoms with Gasteiger partial charge in [0.2, 0.25) is 10.0 Å². The monoisotopic (exact) mass is 452 g/mol. The molecule has 2 N–H and O–H groups in total. The molecule has 6 nitrogen and oxygen atoms in total. The first-order valence-electron chi connectivity index (χ1n) is 10.4. The predicted molar refractivity (Wildman–Crippen MR) is 125 cm³/mol. The molecule has 0 aliphatic rings. The molecule has 3 aromatic carbocycles. The first kappa shape index (κ1) is 23.7. The van der Waals surface area contributed by atoms with Gasteiger partial charge in [0, 0.05) is 18.7 Å². The third-order valence-electron chi connectivity index (χ3n) is 4.99. The molecule has 32 heavy (non-hydrogen) atoms. The standard InChI is InChI=1S/C25H28N2O4S/c1-19(18-31-2)27-32(29,30)23-15-13-22(14-16-23)25(28)26-24(21-11-7-4-8-12-21)17-20-9-5-3-6-10-20/h3-16,19,24,27H,17-18H2,1-2H3,(H,26,28)/t19-,24-/m0/s1. The molecule has 0 bridgehead atoms. The van der Waals surface area contributed by atoms with Crippen LogP contribution in [0.25, 0.3) is 0 Å². The summed E-state index contributed by atoms with van der Waals surface area (Å²) in [7, 11) is -2.18. The smallest absolute Gasteiger partial charge is 0.251 e. The molecule has 0 saturated heterocycles. The largest absolute Gasteiger partial charge is 0.383 e. The highest BCUT2D eigenvalue weighted by atomic mass is 32.2. The quantitative estimate of drug-likeness (QED) is 0.491. The number of methoxy groups -OCH3 is 1. The van der Waals surface area contributed by atoms with Crippen molar-refractivity contribution in [2.75, 3.05) is 13.7 Å². The van der Waals surface area contributed by atoms with E-state index < -0.39 is 10.0 Å². The zero-order chi connectivity index (χ0) is 23.0. The number of rotatable bonds is 10. The number of carbonyl (C=O) groups excluding carboxylic acids is 1. The second-order valence-corrected chi connectivity index (χ2v) is 9.34. The zero-order valence-electron chi connectivity index (χ0n) is 18.2. The maximum Gasteiger partial charge on any atom is 0.251 e. The van der Waals surface area contributed by atoms with Crippen LogP contribution in [0.15, 0.2) is 89.8 Å². The molecule has 3 aromatic rings. The fraction of sp³-hybridized carbons (Fsp3) is 0.240. The number of benzene rings is 3. The van der Waals surface area contributed by atoms with E-state index in [1.807, 2.05) is 60.7 Å². The summed E-state index contributed by atoms with van der Waals surface area (Å²) in [6, 6.07) is 25.1. The van der Waals surface area contributed by atoms with E-state index in [4.69, 9.17) is 4.74 Å². The fourth-order valence-corrected chi connectivity index (χ4v) is 4.66. The van der Waals surface area contributed by atoms with Crippen LogP contribution >= 0.6 is 0 Å². The molecular weight excluding hydrogens is 424 g/mol. The van der Waals surface area contributed by atoms with Crippen molar-refractivity contribution in [3.05, 3.63) is 102 Å². The number of amides is 1. The van der Waals surface area contributed by atoms with E-state index in [2.05, 4.69) is 10.0 Å². The minimum Gasteiger partial charge on any atom is -0.383 e. The van der Waals surface area contributed by atoms with Crippen LogP contribution in [0.5, 0.6) is 0 Å². The minimum atomic E-state index is -3.69. The van der Waals surface area contributed by atoms with E-state index >= 15 is 0 Å². The maximum absolute atomic E-state index is 12.9. The summed E-state index contributed by atoms with van der Waals surface area (Å²) >= 11 is 0. The van der Waals surface area contributed by atoms with Crippen molar-refractivity contribution in [3.63, 3.8) is 0 Å². The van der Waals surface area contributed by atoms with Crippen molar-refractivity contribution >= 4 is 15.9 Å². The molecule has 7 heteroatoms. The number of carbonyl (C=O) groups is 1. The van der Waals surface area contributed by atoms with Crippen molar-refractivity contribution in [3.8, 4) is 0 Å². The second kappa shape index (κ2) is 11.0. The molecule has 0 heterocycles. The van der Waals surface area contributed by atoms with Crippen molar-refractivity contribution < 1.29 is 17.9 Å². The van der Waals surface area contributed by atoms with Crippen LogP contribution in [0.1, 0.15) is 34.5 Å². The maximum atomic E-state index is 12.9. The van der Waals surface area contributed by atoms with E-state index in [1.54, 1.807) is 6.92 Å². The van der Waals surface area contributed by atoms with Gasteiger partial charge in [-0.15, -0.1) is 0 Å². The Labute approximate surface area is 189 Å². The van der Waals surface area contributed by atoms with Gasteiger partial charge >= 0.3 is 0 Å². The average Bonchev–Trinajstić information content (AvgIpc) is 2.80. The number of hydrogen-bond donors (Lipinski definition) is 2. The van der Waals surface area contributed by atoms with Crippen LogP contribution in [0.3, 0.4) is 0 Å². The summed E-state index contributed by atoms with van der Waals surface area (Å²) in [4.78, 5) is 13.0. The Morgan fingerprint density at radius 3 is 2.09 bits per heavy atom. The van der Waals surface area contributed by atoms with Crippen LogP contribution < -0.4 is 10.0 Å². The lowest BCUT2D eigenvalue weighted by molar-refractivity contribution is 0.0936. The molecule has 0 fully saturated rings. The van der Waals surface area contributed by atoms with Crippen LogP contribution in [0, 0.1) is 0 Å². The highest BCUT2D eigenvalue weighted by Gasteiger charge is 2.20. The molecule has 0 radical (unpaired) electrons. The van der Waals surface area contributed by atoms with E-state index in [-0.39, 0.29) is 29.5 Å². The summed E-state index contributed by atoms with van der Waals surface area (Å²) in [5.74, 6) is -0.264. The Bertz CT molecular complexity index is 1100. The zero-order valence-corrected chi connectivity index (χ0v) is 19.0. The van der Waals surface area contributed by atoms with Gasteiger partial charge in [-0.05, 0) is 48.7 Å². The number of sulfonamides is 1. The molecule has 0 aromatic heterocycles. The van der Waals surface area contributed by atoms with Crippen LogP contribution in [-0.2, 0) is 21.2 Å². The van der Waals surface area contributed by atoms with Gasteiger partial charge in [-0.3, -0.25) is 4.79 Å². The van der Waals surface area contributed by atoms with Crippen molar-refractivity contribution in [1.29, 1.82) is 0 Å². The molecule has 2 atom stereocenters. The summed E-state index contributed by atoms with van der Waals surface area (Å²) in [5.41, 5.74) is 2.50. The normalized spacial score (nSPS) is 13.3. The summed E-state index contributed by atoms with van der Waals surface area (Å²) in [5, 5.41) is 3.08. The summed E-state index contributed by atoms with van der Waals surface area (Å²) < 4.78 is 32.5. The summed E-state index contributed by atoms with van der Waals surface area (Å²) in [6.07, 6.45) is 0.643. The van der Waals surface area contributed by atoms with E-state index in [9.17, 15) is 13.2 Å². The lowest BCUT2D eigenvalue weighted by Gasteiger charge is -2.20. The Hall–Kier alpha value is -3.00. The van der Waals surface area contributed by atoms with Crippen molar-refractivity contribution in [2.24, 2.45) is 0 Å². The first-order chi connectivity index (χ1) is 15.4. The van der Waals surface area contributed by atoms with Gasteiger partial charge in [0.25, 0.3) is 5.91 Å². The Kier molecular flexibility index (Phi) is 8.16. The molecule has 0 saturated carbocycles. The van der Waals surface area contributed by atoms with Gasteiger partial charge in [0.05, 0.1) is 17.5 Å². The third-order valence-corrected chi connectivity index (χ3v) is 6.60. The van der Waals surface area contributed by atoms with Gasteiger partial charge in [0.1, 0.15) is 0 Å². The second-order valence-electron chi connectivity index (χ2n) is 7.63. The molecule has 3 rings (SSSR count). The van der Waals surface area contributed by atoms with Gasteiger partial charge < -0.3 is 10.1 Å². The first-order valence-corrected chi connectivity index (χ1v) is 11.9. The molecule has 0 aliphatic carbocycles. The average molecular weight is 453 g/mol. The molecule has 0 unspecified atom stereocenters. The fourth-order valence-electron chi connectivity index (χ4n) is 3.43. The SMILES string of the molecule is COC[C@H](C)NS(=O)(=O)c1ccc(C(=O)N[C@@H](Cc2ccccc2)c2ccccc2)cc1. The van der Waals surface area contributed by atoms with Crippen molar-refractivity contribution in [2.45, 2.75) is 30.3 Å². The van der Waals surface area contributed by atoms with Crippen LogP contribution in [0.2, 0.25) is 0 Å². The highest BCUT2D eigenvalue weighted by Crippen LogP contribution is 2.20. The van der Waals surface area contributed by atoms with E-state index in [0.717, 1.165) is 11.1 Å². The van der Waals surface area contributed by atoms with E-state index in [0.29, 0.717) is 12.0 Å². The molecule has 168 valence electrons. The predicted octanol–water partition coefficient (Wildman–Crippen LogP) is 3.71. The molecule has 0 aliphatic heterocycles. The number of hydrogen-bond acceptors (Lipinski definition) is 4. The third kappa shape index (κ3) is 6.50. The van der Waals surface area contributed by atoms with Gasteiger partial charge in [0.15, 0.2) is 0 Å². The molecule has 0 spiro atoms. The van der Waals surface area contributed by atoms with Crippen LogP contribution in [-0.4, -0.2) is 34.1 Å². The Morgan fingerprint density at radius 2 is 1.50 bits per heavy atom.